The standard InChI is InChI=1S/C10H24N2O/c1-10(2,3)13-12-9-7-5-4-6-8-11/h12H,4-9,11H2,1-3H3. The SMILES string of the molecule is CC(C)(C)ONCCCCCCN. The molecule has 0 radical (unpaired) electrons. The van der Waals surface area contributed by atoms with E-state index in [2.05, 4.69) is 5.48 Å². The van der Waals surface area contributed by atoms with E-state index in [4.69, 9.17) is 10.6 Å². The zero-order valence-corrected chi connectivity index (χ0v) is 9.23. The van der Waals surface area contributed by atoms with Crippen molar-refractivity contribution < 1.29 is 4.84 Å². The third-order valence-corrected chi connectivity index (χ3v) is 1.61. The Labute approximate surface area is 82.0 Å². The molecule has 0 rings (SSSR count). The summed E-state index contributed by atoms with van der Waals surface area (Å²) in [4.78, 5) is 5.36. The van der Waals surface area contributed by atoms with Crippen molar-refractivity contribution in [3.05, 3.63) is 0 Å². The van der Waals surface area contributed by atoms with Crippen molar-refractivity contribution in [3.8, 4) is 0 Å². The van der Waals surface area contributed by atoms with Crippen LogP contribution in [0.25, 0.3) is 0 Å². The van der Waals surface area contributed by atoms with E-state index in [1.807, 2.05) is 20.8 Å². The van der Waals surface area contributed by atoms with Gasteiger partial charge in [-0.1, -0.05) is 12.8 Å². The maximum Gasteiger partial charge on any atom is 0.0812 e. The molecular weight excluding hydrogens is 164 g/mol. The molecule has 0 aromatic rings. The van der Waals surface area contributed by atoms with E-state index >= 15 is 0 Å². The Hall–Kier alpha value is -0.120. The van der Waals surface area contributed by atoms with Gasteiger partial charge in [-0.05, 0) is 40.2 Å². The van der Waals surface area contributed by atoms with Crippen LogP contribution in [0.1, 0.15) is 46.5 Å². The van der Waals surface area contributed by atoms with E-state index in [1.54, 1.807) is 0 Å². The van der Waals surface area contributed by atoms with Crippen LogP contribution in [0.15, 0.2) is 0 Å². The van der Waals surface area contributed by atoms with Gasteiger partial charge in [0, 0.05) is 6.54 Å². The Morgan fingerprint density at radius 1 is 1.08 bits per heavy atom. The van der Waals surface area contributed by atoms with Crippen LogP contribution in [0.2, 0.25) is 0 Å². The average molecular weight is 188 g/mol. The highest BCUT2D eigenvalue weighted by Gasteiger charge is 2.08. The molecule has 3 heteroatoms. The molecule has 3 N–H and O–H groups in total. The summed E-state index contributed by atoms with van der Waals surface area (Å²) in [7, 11) is 0. The minimum Gasteiger partial charge on any atom is -0.330 e. The van der Waals surface area contributed by atoms with E-state index in [-0.39, 0.29) is 5.60 Å². The largest absolute Gasteiger partial charge is 0.330 e. The van der Waals surface area contributed by atoms with Crippen LogP contribution in [0.3, 0.4) is 0 Å². The second-order valence-corrected chi connectivity index (χ2v) is 4.31. The fourth-order valence-electron chi connectivity index (χ4n) is 0.963. The Balaban J connectivity index is 3.00. The molecular formula is C10H24N2O. The maximum absolute atomic E-state index is 5.39. The van der Waals surface area contributed by atoms with Gasteiger partial charge >= 0.3 is 0 Å². The summed E-state index contributed by atoms with van der Waals surface area (Å²) in [6.07, 6.45) is 4.77. The second-order valence-electron chi connectivity index (χ2n) is 4.31. The fraction of sp³-hybridized carbons (Fsp3) is 1.00. The van der Waals surface area contributed by atoms with Crippen molar-refractivity contribution in [2.45, 2.75) is 52.1 Å². The number of hydrogen-bond donors (Lipinski definition) is 2. The third-order valence-electron chi connectivity index (χ3n) is 1.61. The Morgan fingerprint density at radius 3 is 2.23 bits per heavy atom. The highest BCUT2D eigenvalue weighted by atomic mass is 16.7. The van der Waals surface area contributed by atoms with E-state index in [0.29, 0.717) is 0 Å². The van der Waals surface area contributed by atoms with Crippen molar-refractivity contribution in [1.82, 2.24) is 5.48 Å². The van der Waals surface area contributed by atoms with Gasteiger partial charge in [0.15, 0.2) is 0 Å². The highest BCUT2D eigenvalue weighted by Crippen LogP contribution is 2.04. The van der Waals surface area contributed by atoms with Crippen LogP contribution in [-0.4, -0.2) is 18.7 Å². The van der Waals surface area contributed by atoms with Gasteiger partial charge < -0.3 is 5.73 Å². The molecule has 0 aliphatic rings. The topological polar surface area (TPSA) is 47.3 Å². The first-order valence-electron chi connectivity index (χ1n) is 5.17. The fourth-order valence-corrected chi connectivity index (χ4v) is 0.963. The quantitative estimate of drug-likeness (QED) is 0.473. The van der Waals surface area contributed by atoms with Crippen LogP contribution in [0.5, 0.6) is 0 Å². The molecule has 0 heterocycles. The molecule has 80 valence electrons. The summed E-state index contributed by atoms with van der Waals surface area (Å²) in [6, 6.07) is 0. The van der Waals surface area contributed by atoms with Crippen LogP contribution >= 0.6 is 0 Å². The minimum absolute atomic E-state index is 0.0861. The predicted molar refractivity (Wildman–Crippen MR) is 56.4 cm³/mol. The van der Waals surface area contributed by atoms with Crippen molar-refractivity contribution in [2.24, 2.45) is 5.73 Å². The van der Waals surface area contributed by atoms with Gasteiger partial charge in [0.25, 0.3) is 0 Å². The third kappa shape index (κ3) is 11.9. The molecule has 0 aromatic carbocycles. The molecule has 3 nitrogen and oxygen atoms in total. The lowest BCUT2D eigenvalue weighted by atomic mass is 10.2. The number of unbranched alkanes of at least 4 members (excludes halogenated alkanes) is 3. The van der Waals surface area contributed by atoms with Crippen molar-refractivity contribution in [3.63, 3.8) is 0 Å². The number of hydroxylamine groups is 1. The second kappa shape index (κ2) is 7.30. The molecule has 0 aliphatic heterocycles. The van der Waals surface area contributed by atoms with Crippen LogP contribution in [0, 0.1) is 0 Å². The van der Waals surface area contributed by atoms with Gasteiger partial charge in [-0.2, -0.15) is 0 Å². The minimum atomic E-state index is -0.0861. The van der Waals surface area contributed by atoms with Crippen LogP contribution < -0.4 is 11.2 Å². The lowest BCUT2D eigenvalue weighted by Crippen LogP contribution is -2.29. The summed E-state index contributed by atoms with van der Waals surface area (Å²) in [5, 5.41) is 0. The van der Waals surface area contributed by atoms with E-state index in [9.17, 15) is 0 Å². The van der Waals surface area contributed by atoms with Gasteiger partial charge in [-0.3, -0.25) is 4.84 Å². The summed E-state index contributed by atoms with van der Waals surface area (Å²) < 4.78 is 0. The van der Waals surface area contributed by atoms with Gasteiger partial charge in [0.2, 0.25) is 0 Å². The predicted octanol–water partition coefficient (Wildman–Crippen LogP) is 1.83. The molecule has 0 aromatic heterocycles. The molecule has 0 aliphatic carbocycles. The average Bonchev–Trinajstić information content (AvgIpc) is 2.01. The van der Waals surface area contributed by atoms with Crippen molar-refractivity contribution >= 4 is 0 Å². The van der Waals surface area contributed by atoms with E-state index in [1.165, 1.54) is 12.8 Å². The Bertz CT molecular complexity index is 110. The highest BCUT2D eigenvalue weighted by molar-refractivity contribution is 4.56. The first-order chi connectivity index (χ1) is 6.06. The molecule has 0 atom stereocenters. The lowest BCUT2D eigenvalue weighted by molar-refractivity contribution is -0.0726. The summed E-state index contributed by atoms with van der Waals surface area (Å²) in [5.41, 5.74) is 8.27. The van der Waals surface area contributed by atoms with Crippen molar-refractivity contribution in [1.29, 1.82) is 0 Å². The first kappa shape index (κ1) is 12.9. The monoisotopic (exact) mass is 188 g/mol. The lowest BCUT2D eigenvalue weighted by Gasteiger charge is -2.19. The first-order valence-corrected chi connectivity index (χ1v) is 5.17. The molecule has 0 saturated carbocycles. The van der Waals surface area contributed by atoms with Gasteiger partial charge in [0.05, 0.1) is 5.60 Å². The zero-order chi connectivity index (χ0) is 10.2. The maximum atomic E-state index is 5.39. The number of nitrogens with two attached hydrogens (primary N) is 1. The molecule has 0 spiro atoms. The molecule has 0 bridgehead atoms. The number of rotatable bonds is 7. The number of hydrogen-bond acceptors (Lipinski definition) is 3. The van der Waals surface area contributed by atoms with E-state index in [0.717, 1.165) is 25.9 Å². The summed E-state index contributed by atoms with van der Waals surface area (Å²) in [6.45, 7) is 7.85. The van der Waals surface area contributed by atoms with Crippen LogP contribution in [-0.2, 0) is 4.84 Å². The molecule has 0 unspecified atom stereocenters. The van der Waals surface area contributed by atoms with Crippen molar-refractivity contribution in [2.75, 3.05) is 13.1 Å². The Morgan fingerprint density at radius 2 is 1.69 bits per heavy atom. The molecule has 0 fully saturated rings. The molecule has 13 heavy (non-hydrogen) atoms. The summed E-state index contributed by atoms with van der Waals surface area (Å²) >= 11 is 0. The van der Waals surface area contributed by atoms with E-state index < -0.39 is 0 Å². The molecule has 0 saturated heterocycles. The van der Waals surface area contributed by atoms with Crippen LogP contribution in [0.4, 0.5) is 0 Å². The summed E-state index contributed by atoms with van der Waals surface area (Å²) in [5.74, 6) is 0. The van der Waals surface area contributed by atoms with Gasteiger partial charge in [-0.15, -0.1) is 0 Å². The Kier molecular flexibility index (Phi) is 7.23. The zero-order valence-electron chi connectivity index (χ0n) is 9.23. The van der Waals surface area contributed by atoms with Gasteiger partial charge in [-0.25, -0.2) is 5.48 Å². The number of nitrogens with one attached hydrogen (secondary N) is 1. The molecule has 0 amide bonds. The normalized spacial score (nSPS) is 12.0. The smallest absolute Gasteiger partial charge is 0.0812 e. The van der Waals surface area contributed by atoms with Gasteiger partial charge in [0.1, 0.15) is 0 Å².